The molecule has 1 saturated heterocycles. The standard InChI is InChI=1S/C15H19N5O/c1-19-11-13(8-18-19)15(21)20-6-2-3-12(10-20)7-14-9-16-4-5-17-14/h4-5,8-9,11-12H,2-3,6-7,10H2,1H3. The minimum Gasteiger partial charge on any atom is -0.338 e. The molecule has 1 unspecified atom stereocenters. The molecule has 21 heavy (non-hydrogen) atoms. The predicted octanol–water partition coefficient (Wildman–Crippen LogP) is 1.30. The van der Waals surface area contributed by atoms with Crippen LogP contribution in [0.4, 0.5) is 0 Å². The zero-order valence-electron chi connectivity index (χ0n) is 12.1. The molecular formula is C15H19N5O. The molecule has 0 radical (unpaired) electrons. The van der Waals surface area contributed by atoms with Gasteiger partial charge in [0.1, 0.15) is 0 Å². The summed E-state index contributed by atoms with van der Waals surface area (Å²) in [7, 11) is 1.82. The summed E-state index contributed by atoms with van der Waals surface area (Å²) in [5.41, 5.74) is 1.66. The average Bonchev–Trinajstić information content (AvgIpc) is 2.94. The van der Waals surface area contributed by atoms with Gasteiger partial charge in [-0.2, -0.15) is 5.10 Å². The Hall–Kier alpha value is -2.24. The van der Waals surface area contributed by atoms with E-state index in [9.17, 15) is 4.79 Å². The van der Waals surface area contributed by atoms with E-state index >= 15 is 0 Å². The van der Waals surface area contributed by atoms with Crippen molar-refractivity contribution in [2.24, 2.45) is 13.0 Å². The van der Waals surface area contributed by atoms with Crippen LogP contribution in [0.2, 0.25) is 0 Å². The highest BCUT2D eigenvalue weighted by atomic mass is 16.2. The zero-order chi connectivity index (χ0) is 14.7. The van der Waals surface area contributed by atoms with Crippen molar-refractivity contribution in [3.8, 4) is 0 Å². The summed E-state index contributed by atoms with van der Waals surface area (Å²) in [6.45, 7) is 1.61. The second kappa shape index (κ2) is 6.03. The molecule has 0 spiro atoms. The van der Waals surface area contributed by atoms with Gasteiger partial charge in [0.15, 0.2) is 0 Å². The number of piperidine rings is 1. The van der Waals surface area contributed by atoms with Crippen molar-refractivity contribution in [3.63, 3.8) is 0 Å². The molecule has 1 aliphatic heterocycles. The van der Waals surface area contributed by atoms with Crippen molar-refractivity contribution in [2.45, 2.75) is 19.3 Å². The topological polar surface area (TPSA) is 63.9 Å². The number of carbonyl (C=O) groups is 1. The molecule has 1 fully saturated rings. The molecule has 1 amide bonds. The first-order valence-electron chi connectivity index (χ1n) is 7.25. The number of rotatable bonds is 3. The number of nitrogens with zero attached hydrogens (tertiary/aromatic N) is 5. The third kappa shape index (κ3) is 3.26. The van der Waals surface area contributed by atoms with Crippen LogP contribution in [0.15, 0.2) is 31.0 Å². The number of carbonyl (C=O) groups excluding carboxylic acids is 1. The van der Waals surface area contributed by atoms with Crippen LogP contribution in [0.5, 0.6) is 0 Å². The summed E-state index contributed by atoms with van der Waals surface area (Å²) in [6.07, 6.45) is 11.7. The van der Waals surface area contributed by atoms with E-state index in [0.29, 0.717) is 11.5 Å². The van der Waals surface area contributed by atoms with Crippen molar-refractivity contribution >= 4 is 5.91 Å². The van der Waals surface area contributed by atoms with Gasteiger partial charge in [-0.3, -0.25) is 19.4 Å². The number of hydrogen-bond acceptors (Lipinski definition) is 4. The lowest BCUT2D eigenvalue weighted by atomic mass is 9.93. The normalized spacial score (nSPS) is 18.7. The molecule has 0 aromatic carbocycles. The van der Waals surface area contributed by atoms with Gasteiger partial charge in [-0.05, 0) is 25.2 Å². The minimum atomic E-state index is 0.0759. The summed E-state index contributed by atoms with van der Waals surface area (Å²) in [5.74, 6) is 0.531. The summed E-state index contributed by atoms with van der Waals surface area (Å²) in [6, 6.07) is 0. The van der Waals surface area contributed by atoms with E-state index in [0.717, 1.165) is 38.0 Å². The van der Waals surface area contributed by atoms with E-state index in [4.69, 9.17) is 0 Å². The largest absolute Gasteiger partial charge is 0.338 e. The van der Waals surface area contributed by atoms with Crippen LogP contribution < -0.4 is 0 Å². The number of aryl methyl sites for hydroxylation is 1. The van der Waals surface area contributed by atoms with Crippen LogP contribution in [-0.2, 0) is 13.5 Å². The first-order valence-corrected chi connectivity index (χ1v) is 7.25. The van der Waals surface area contributed by atoms with E-state index in [1.807, 2.05) is 18.1 Å². The fraction of sp³-hybridized carbons (Fsp3) is 0.467. The first-order chi connectivity index (χ1) is 10.2. The quantitative estimate of drug-likeness (QED) is 0.853. The molecule has 0 saturated carbocycles. The summed E-state index contributed by atoms with van der Waals surface area (Å²) >= 11 is 0. The van der Waals surface area contributed by atoms with Crippen molar-refractivity contribution in [1.29, 1.82) is 0 Å². The average molecular weight is 285 g/mol. The van der Waals surface area contributed by atoms with Crippen LogP contribution in [0.3, 0.4) is 0 Å². The first kappa shape index (κ1) is 13.7. The van der Waals surface area contributed by atoms with Gasteiger partial charge in [0, 0.05) is 44.9 Å². The zero-order valence-corrected chi connectivity index (χ0v) is 12.1. The molecular weight excluding hydrogens is 266 g/mol. The Morgan fingerprint density at radius 2 is 2.29 bits per heavy atom. The molecule has 0 aliphatic carbocycles. The molecule has 1 aliphatic rings. The van der Waals surface area contributed by atoms with Gasteiger partial charge in [-0.25, -0.2) is 0 Å². The van der Waals surface area contributed by atoms with Crippen LogP contribution in [0.1, 0.15) is 28.9 Å². The molecule has 6 heteroatoms. The molecule has 2 aromatic heterocycles. The lowest BCUT2D eigenvalue weighted by molar-refractivity contribution is 0.0672. The molecule has 1 atom stereocenters. The monoisotopic (exact) mass is 285 g/mol. The molecule has 2 aromatic rings. The fourth-order valence-corrected chi connectivity index (χ4v) is 2.86. The lowest BCUT2D eigenvalue weighted by Gasteiger charge is -2.32. The molecule has 0 N–H and O–H groups in total. The van der Waals surface area contributed by atoms with Crippen molar-refractivity contribution in [1.82, 2.24) is 24.6 Å². The summed E-state index contributed by atoms with van der Waals surface area (Å²) in [4.78, 5) is 22.8. The van der Waals surface area contributed by atoms with Gasteiger partial charge in [0.05, 0.1) is 17.5 Å². The van der Waals surface area contributed by atoms with Crippen molar-refractivity contribution in [3.05, 3.63) is 42.2 Å². The second-order valence-corrected chi connectivity index (χ2v) is 5.56. The van der Waals surface area contributed by atoms with Gasteiger partial charge in [-0.1, -0.05) is 0 Å². The Labute approximate surface area is 123 Å². The summed E-state index contributed by atoms with van der Waals surface area (Å²) in [5, 5.41) is 4.07. The minimum absolute atomic E-state index is 0.0759. The maximum atomic E-state index is 12.5. The van der Waals surface area contributed by atoms with Gasteiger partial charge >= 0.3 is 0 Å². The number of amides is 1. The van der Waals surface area contributed by atoms with Gasteiger partial charge < -0.3 is 4.90 Å². The number of hydrogen-bond donors (Lipinski definition) is 0. The number of aromatic nitrogens is 4. The van der Waals surface area contributed by atoms with Gasteiger partial charge in [0.25, 0.3) is 5.91 Å². The molecule has 6 nitrogen and oxygen atoms in total. The second-order valence-electron chi connectivity index (χ2n) is 5.56. The van der Waals surface area contributed by atoms with E-state index in [1.54, 1.807) is 29.5 Å². The van der Waals surface area contributed by atoms with E-state index < -0.39 is 0 Å². The van der Waals surface area contributed by atoms with E-state index in [1.165, 1.54) is 0 Å². The Balaban J connectivity index is 1.64. The highest BCUT2D eigenvalue weighted by Crippen LogP contribution is 2.21. The highest BCUT2D eigenvalue weighted by Gasteiger charge is 2.25. The predicted molar refractivity (Wildman–Crippen MR) is 77.6 cm³/mol. The van der Waals surface area contributed by atoms with Crippen LogP contribution in [0.25, 0.3) is 0 Å². The van der Waals surface area contributed by atoms with E-state index in [2.05, 4.69) is 15.1 Å². The van der Waals surface area contributed by atoms with Gasteiger partial charge in [-0.15, -0.1) is 0 Å². The van der Waals surface area contributed by atoms with Crippen LogP contribution in [0, 0.1) is 5.92 Å². The lowest BCUT2D eigenvalue weighted by Crippen LogP contribution is -2.40. The third-order valence-electron chi connectivity index (χ3n) is 3.87. The highest BCUT2D eigenvalue weighted by molar-refractivity contribution is 5.93. The Morgan fingerprint density at radius 1 is 1.38 bits per heavy atom. The summed E-state index contributed by atoms with van der Waals surface area (Å²) < 4.78 is 1.66. The van der Waals surface area contributed by atoms with Crippen LogP contribution >= 0.6 is 0 Å². The maximum absolute atomic E-state index is 12.5. The molecule has 0 bridgehead atoms. The Kier molecular flexibility index (Phi) is 3.94. The molecule has 3 rings (SSSR count). The third-order valence-corrected chi connectivity index (χ3v) is 3.87. The molecule has 3 heterocycles. The van der Waals surface area contributed by atoms with Crippen molar-refractivity contribution < 1.29 is 4.79 Å². The van der Waals surface area contributed by atoms with E-state index in [-0.39, 0.29) is 5.91 Å². The SMILES string of the molecule is Cn1cc(C(=O)N2CCCC(Cc3cnccn3)C2)cn1. The van der Waals surface area contributed by atoms with Crippen LogP contribution in [-0.4, -0.2) is 43.6 Å². The maximum Gasteiger partial charge on any atom is 0.257 e. The fourth-order valence-electron chi connectivity index (χ4n) is 2.86. The Bertz CT molecular complexity index is 610. The van der Waals surface area contributed by atoms with Crippen molar-refractivity contribution in [2.75, 3.05) is 13.1 Å². The molecule has 110 valence electrons. The number of likely N-dealkylation sites (tertiary alicyclic amines) is 1. The van der Waals surface area contributed by atoms with Gasteiger partial charge in [0.2, 0.25) is 0 Å². The Morgan fingerprint density at radius 3 is 3.00 bits per heavy atom. The smallest absolute Gasteiger partial charge is 0.257 e.